The van der Waals surface area contributed by atoms with Gasteiger partial charge in [-0.3, -0.25) is 0 Å². The third-order valence-corrected chi connectivity index (χ3v) is 4.07. The van der Waals surface area contributed by atoms with E-state index < -0.39 is 9.84 Å². The third-order valence-electron chi connectivity index (χ3n) is 2.20. The highest BCUT2D eigenvalue weighted by Gasteiger charge is 2.16. The Morgan fingerprint density at radius 1 is 1.44 bits per heavy atom. The van der Waals surface area contributed by atoms with Crippen LogP contribution in [0.1, 0.15) is 18.4 Å². The number of nitrogens with zero attached hydrogens (tertiary/aromatic N) is 1. The topological polar surface area (TPSA) is 84.0 Å². The molecule has 1 aromatic rings. The lowest BCUT2D eigenvalue weighted by atomic mass is 10.2. The van der Waals surface area contributed by atoms with Crippen molar-refractivity contribution in [3.05, 3.63) is 23.8 Å². The van der Waals surface area contributed by atoms with Gasteiger partial charge >= 0.3 is 0 Å². The predicted octanol–water partition coefficient (Wildman–Crippen LogP) is 1.65. The minimum Gasteiger partial charge on any atom is -0.398 e. The van der Waals surface area contributed by atoms with Crippen molar-refractivity contribution in [1.82, 2.24) is 0 Å². The van der Waals surface area contributed by atoms with Crippen LogP contribution in [-0.4, -0.2) is 14.2 Å². The van der Waals surface area contributed by atoms with E-state index in [0.29, 0.717) is 6.42 Å². The highest BCUT2D eigenvalue weighted by molar-refractivity contribution is 7.91. The molecule has 0 atom stereocenters. The quantitative estimate of drug-likeness (QED) is 0.638. The Balaban J connectivity index is 2.95. The van der Waals surface area contributed by atoms with Crippen molar-refractivity contribution < 1.29 is 8.42 Å². The molecule has 0 saturated heterocycles. The zero-order valence-corrected chi connectivity index (χ0v) is 9.92. The van der Waals surface area contributed by atoms with Gasteiger partial charge in [0.15, 0.2) is 9.84 Å². The van der Waals surface area contributed by atoms with E-state index in [-0.39, 0.29) is 22.8 Å². The number of nitrogens with two attached hydrogens (primary N) is 1. The summed E-state index contributed by atoms with van der Waals surface area (Å²) in [5, 5.41) is 8.36. The standard InChI is InChI=1S/C11H14N2O2S/c1-9-4-5-11(10(13)8-9)16(14,15)7-3-2-6-12/h4-5,8H,2-3,7,13H2,1H3. The molecule has 5 heteroatoms. The summed E-state index contributed by atoms with van der Waals surface area (Å²) in [7, 11) is -3.36. The molecule has 0 aliphatic rings. The zero-order valence-electron chi connectivity index (χ0n) is 9.10. The monoisotopic (exact) mass is 238 g/mol. The van der Waals surface area contributed by atoms with Crippen LogP contribution in [0.4, 0.5) is 5.69 Å². The maximum atomic E-state index is 11.8. The minimum atomic E-state index is -3.36. The maximum Gasteiger partial charge on any atom is 0.180 e. The van der Waals surface area contributed by atoms with Crippen LogP contribution < -0.4 is 5.73 Å². The summed E-state index contributed by atoms with van der Waals surface area (Å²) in [5.74, 6) is -0.0339. The average molecular weight is 238 g/mol. The fourth-order valence-corrected chi connectivity index (χ4v) is 2.84. The summed E-state index contributed by atoms with van der Waals surface area (Å²) in [6, 6.07) is 6.79. The Hall–Kier alpha value is -1.54. The normalized spacial score (nSPS) is 11.0. The number of nitriles is 1. The molecule has 0 aliphatic carbocycles. The van der Waals surface area contributed by atoms with Crippen LogP contribution in [0.25, 0.3) is 0 Å². The molecule has 0 spiro atoms. The third kappa shape index (κ3) is 2.97. The Morgan fingerprint density at radius 2 is 2.12 bits per heavy atom. The van der Waals surface area contributed by atoms with Gasteiger partial charge in [0, 0.05) is 6.42 Å². The number of benzene rings is 1. The van der Waals surface area contributed by atoms with Crippen molar-refractivity contribution in [2.24, 2.45) is 0 Å². The summed E-state index contributed by atoms with van der Waals surface area (Å²) < 4.78 is 23.7. The molecule has 1 aromatic carbocycles. The van der Waals surface area contributed by atoms with Crippen LogP contribution in [0.2, 0.25) is 0 Å². The van der Waals surface area contributed by atoms with E-state index in [2.05, 4.69) is 0 Å². The summed E-state index contributed by atoms with van der Waals surface area (Å²) in [6.45, 7) is 1.85. The molecule has 0 amide bonds. The maximum absolute atomic E-state index is 11.8. The predicted molar refractivity (Wildman–Crippen MR) is 62.5 cm³/mol. The van der Waals surface area contributed by atoms with Gasteiger partial charge in [-0.1, -0.05) is 6.07 Å². The van der Waals surface area contributed by atoms with Gasteiger partial charge in [0.05, 0.1) is 22.4 Å². The molecule has 0 radical (unpaired) electrons. The van der Waals surface area contributed by atoms with Crippen LogP contribution >= 0.6 is 0 Å². The summed E-state index contributed by atoms with van der Waals surface area (Å²) in [5.41, 5.74) is 6.87. The number of aryl methyl sites for hydroxylation is 1. The number of rotatable bonds is 4. The molecule has 0 aliphatic heterocycles. The van der Waals surface area contributed by atoms with Crippen LogP contribution in [0.3, 0.4) is 0 Å². The fraction of sp³-hybridized carbons (Fsp3) is 0.364. The largest absolute Gasteiger partial charge is 0.398 e. The van der Waals surface area contributed by atoms with Crippen molar-refractivity contribution in [2.75, 3.05) is 11.5 Å². The number of nitrogen functional groups attached to an aromatic ring is 1. The zero-order chi connectivity index (χ0) is 12.2. The van der Waals surface area contributed by atoms with Crippen molar-refractivity contribution in [3.8, 4) is 6.07 Å². The molecule has 16 heavy (non-hydrogen) atoms. The second kappa shape index (κ2) is 4.99. The second-order valence-corrected chi connectivity index (χ2v) is 5.70. The first-order valence-corrected chi connectivity index (χ1v) is 6.58. The first-order valence-electron chi connectivity index (χ1n) is 4.93. The van der Waals surface area contributed by atoms with Crippen LogP contribution in [0.15, 0.2) is 23.1 Å². The van der Waals surface area contributed by atoms with Crippen LogP contribution in [0.5, 0.6) is 0 Å². The number of sulfone groups is 1. The van der Waals surface area contributed by atoms with Gasteiger partial charge in [0.25, 0.3) is 0 Å². The van der Waals surface area contributed by atoms with Crippen LogP contribution in [0, 0.1) is 18.3 Å². The first kappa shape index (κ1) is 12.5. The number of hydrogen-bond donors (Lipinski definition) is 1. The van der Waals surface area contributed by atoms with Gasteiger partial charge in [0.2, 0.25) is 0 Å². The van der Waals surface area contributed by atoms with E-state index in [1.165, 1.54) is 6.07 Å². The molecule has 0 heterocycles. The molecule has 2 N–H and O–H groups in total. The van der Waals surface area contributed by atoms with E-state index in [9.17, 15) is 8.42 Å². The molecule has 0 fully saturated rings. The van der Waals surface area contributed by atoms with E-state index in [4.69, 9.17) is 11.0 Å². The summed E-state index contributed by atoms with van der Waals surface area (Å²) >= 11 is 0. The molecule has 4 nitrogen and oxygen atoms in total. The fourth-order valence-electron chi connectivity index (χ4n) is 1.40. The van der Waals surface area contributed by atoms with Gasteiger partial charge in [-0.05, 0) is 31.0 Å². The lowest BCUT2D eigenvalue weighted by Crippen LogP contribution is -2.09. The lowest BCUT2D eigenvalue weighted by Gasteiger charge is -2.07. The van der Waals surface area contributed by atoms with Gasteiger partial charge in [-0.2, -0.15) is 5.26 Å². The molecule has 0 bridgehead atoms. The molecule has 86 valence electrons. The number of anilines is 1. The summed E-state index contributed by atoms with van der Waals surface area (Å²) in [6.07, 6.45) is 0.581. The van der Waals surface area contributed by atoms with E-state index in [1.54, 1.807) is 12.1 Å². The SMILES string of the molecule is Cc1ccc(S(=O)(=O)CCCC#N)c(N)c1. The average Bonchev–Trinajstić information content (AvgIpc) is 2.17. The van der Waals surface area contributed by atoms with E-state index in [1.807, 2.05) is 13.0 Å². The van der Waals surface area contributed by atoms with Gasteiger partial charge in [-0.25, -0.2) is 8.42 Å². The van der Waals surface area contributed by atoms with Crippen molar-refractivity contribution in [1.29, 1.82) is 5.26 Å². The molecular formula is C11H14N2O2S. The lowest BCUT2D eigenvalue weighted by molar-refractivity contribution is 0.594. The summed E-state index contributed by atoms with van der Waals surface area (Å²) in [4.78, 5) is 0.163. The first-order chi connectivity index (χ1) is 7.47. The van der Waals surface area contributed by atoms with E-state index in [0.717, 1.165) is 5.56 Å². The van der Waals surface area contributed by atoms with Crippen molar-refractivity contribution in [3.63, 3.8) is 0 Å². The number of hydrogen-bond acceptors (Lipinski definition) is 4. The minimum absolute atomic E-state index is 0.0339. The van der Waals surface area contributed by atoms with Crippen molar-refractivity contribution in [2.45, 2.75) is 24.7 Å². The van der Waals surface area contributed by atoms with Gasteiger partial charge in [0.1, 0.15) is 0 Å². The smallest absolute Gasteiger partial charge is 0.180 e. The molecule has 1 rings (SSSR count). The number of unbranched alkanes of at least 4 members (excludes halogenated alkanes) is 1. The molecule has 0 saturated carbocycles. The van der Waals surface area contributed by atoms with Gasteiger partial charge in [-0.15, -0.1) is 0 Å². The molecule has 0 unspecified atom stereocenters. The Kier molecular flexibility index (Phi) is 3.91. The Morgan fingerprint density at radius 3 is 2.69 bits per heavy atom. The second-order valence-electron chi connectivity index (χ2n) is 3.62. The molecular weight excluding hydrogens is 224 g/mol. The Bertz CT molecular complexity index is 515. The van der Waals surface area contributed by atoms with Gasteiger partial charge < -0.3 is 5.73 Å². The van der Waals surface area contributed by atoms with Crippen molar-refractivity contribution >= 4 is 15.5 Å². The molecule has 0 aromatic heterocycles. The van der Waals surface area contributed by atoms with E-state index >= 15 is 0 Å². The highest BCUT2D eigenvalue weighted by Crippen LogP contribution is 2.21. The highest BCUT2D eigenvalue weighted by atomic mass is 32.2. The van der Waals surface area contributed by atoms with Crippen LogP contribution in [-0.2, 0) is 9.84 Å². The Labute approximate surface area is 95.6 Å².